The Balaban J connectivity index is 0.000000592. The normalized spacial score (nSPS) is 12.3. The second kappa shape index (κ2) is 15.4. The summed E-state index contributed by atoms with van der Waals surface area (Å²) in [4.78, 5) is 31.0. The summed E-state index contributed by atoms with van der Waals surface area (Å²) in [7, 11) is -10.1. The quantitative estimate of drug-likeness (QED) is 0.137. The summed E-state index contributed by atoms with van der Waals surface area (Å²) in [6, 6.07) is 22.9. The molecular weight excluding hydrogens is 586 g/mol. The van der Waals surface area contributed by atoms with Crippen molar-refractivity contribution >= 4 is 15.6 Å². The SMILES string of the molecule is CC(C)c1ccccc1-c1ccc(OCC(CO)(CO)CO)c(-c2ccccc2C(C)C)c1.O=P(O)(O)OP(=O)(O)O. The smallest absolute Gasteiger partial charge is 0.478 e. The Labute approximate surface area is 245 Å². The molecule has 0 aliphatic carbocycles. The minimum Gasteiger partial charge on any atom is -0.492 e. The van der Waals surface area contributed by atoms with Gasteiger partial charge >= 0.3 is 15.6 Å². The van der Waals surface area contributed by atoms with Gasteiger partial charge in [-0.15, -0.1) is 0 Å². The van der Waals surface area contributed by atoms with Gasteiger partial charge in [0.2, 0.25) is 0 Å². The van der Waals surface area contributed by atoms with Crippen molar-refractivity contribution in [3.8, 4) is 28.0 Å². The Morgan fingerprint density at radius 1 is 0.667 bits per heavy atom. The molecule has 0 aliphatic heterocycles. The summed E-state index contributed by atoms with van der Waals surface area (Å²) in [5.41, 5.74) is 5.75. The van der Waals surface area contributed by atoms with Gasteiger partial charge in [-0.05, 0) is 51.8 Å². The van der Waals surface area contributed by atoms with E-state index in [4.69, 9.17) is 24.3 Å². The Morgan fingerprint density at radius 2 is 1.12 bits per heavy atom. The lowest BCUT2D eigenvalue weighted by Gasteiger charge is -2.28. The molecule has 232 valence electrons. The molecule has 0 aliphatic rings. The number of aliphatic hydroxyl groups is 3. The fraction of sp³-hybridized carbons (Fsp3) is 0.379. The average Bonchev–Trinajstić information content (AvgIpc) is 2.92. The number of benzene rings is 3. The zero-order valence-corrected chi connectivity index (χ0v) is 25.8. The summed E-state index contributed by atoms with van der Waals surface area (Å²) in [5.74, 6) is 1.38. The van der Waals surface area contributed by atoms with E-state index in [0.717, 1.165) is 16.7 Å². The third kappa shape index (κ3) is 10.4. The van der Waals surface area contributed by atoms with Crippen molar-refractivity contribution in [3.63, 3.8) is 0 Å². The molecule has 0 atom stereocenters. The highest BCUT2D eigenvalue weighted by molar-refractivity contribution is 7.60. The highest BCUT2D eigenvalue weighted by atomic mass is 31.3. The third-order valence-corrected chi connectivity index (χ3v) is 8.20. The molecule has 0 spiro atoms. The van der Waals surface area contributed by atoms with Crippen molar-refractivity contribution in [2.75, 3.05) is 26.4 Å². The predicted octanol–water partition coefficient (Wildman–Crippen LogP) is 4.80. The number of aliphatic hydroxyl groups excluding tert-OH is 3. The first-order valence-electron chi connectivity index (χ1n) is 13.2. The molecule has 0 saturated carbocycles. The molecule has 0 saturated heterocycles. The van der Waals surface area contributed by atoms with Gasteiger partial charge in [-0.1, -0.05) is 82.3 Å². The van der Waals surface area contributed by atoms with Crippen molar-refractivity contribution < 1.29 is 53.1 Å². The van der Waals surface area contributed by atoms with E-state index in [1.165, 1.54) is 16.7 Å². The molecular formula is C29H40O11P2. The van der Waals surface area contributed by atoms with Crippen LogP contribution < -0.4 is 4.74 Å². The fourth-order valence-corrected chi connectivity index (χ4v) is 5.31. The van der Waals surface area contributed by atoms with Crippen LogP contribution in [0.4, 0.5) is 0 Å². The highest BCUT2D eigenvalue weighted by Crippen LogP contribution is 2.53. The molecule has 0 radical (unpaired) electrons. The second-order valence-corrected chi connectivity index (χ2v) is 13.1. The van der Waals surface area contributed by atoms with Crippen molar-refractivity contribution in [1.82, 2.24) is 0 Å². The molecule has 3 aromatic carbocycles. The lowest BCUT2D eigenvalue weighted by atomic mass is 9.88. The van der Waals surface area contributed by atoms with Crippen LogP contribution in [0, 0.1) is 5.41 Å². The number of hydrogen-bond acceptors (Lipinski definition) is 7. The van der Waals surface area contributed by atoms with Gasteiger partial charge in [0.05, 0.1) is 25.2 Å². The number of hydrogen-bond donors (Lipinski definition) is 7. The first-order chi connectivity index (χ1) is 19.6. The number of phosphoric acid groups is 2. The zero-order chi connectivity index (χ0) is 31.7. The molecule has 3 rings (SSSR count). The molecule has 13 heteroatoms. The lowest BCUT2D eigenvalue weighted by Crippen LogP contribution is -2.39. The predicted molar refractivity (Wildman–Crippen MR) is 160 cm³/mol. The van der Waals surface area contributed by atoms with Crippen molar-refractivity contribution in [3.05, 3.63) is 77.9 Å². The van der Waals surface area contributed by atoms with Crippen LogP contribution in [-0.2, 0) is 13.4 Å². The molecule has 7 N–H and O–H groups in total. The zero-order valence-electron chi connectivity index (χ0n) is 24.0. The minimum absolute atomic E-state index is 0.00920. The largest absolute Gasteiger partial charge is 0.492 e. The van der Waals surface area contributed by atoms with E-state index in [-0.39, 0.29) is 26.4 Å². The van der Waals surface area contributed by atoms with Crippen LogP contribution in [0.3, 0.4) is 0 Å². The Hall–Kier alpha value is -2.40. The van der Waals surface area contributed by atoms with Crippen LogP contribution in [0.15, 0.2) is 66.7 Å². The topological polar surface area (TPSA) is 194 Å². The van der Waals surface area contributed by atoms with E-state index >= 15 is 0 Å². The Bertz CT molecular complexity index is 1360. The molecule has 3 aromatic rings. The monoisotopic (exact) mass is 626 g/mol. The molecule has 0 unspecified atom stereocenters. The van der Waals surface area contributed by atoms with Gasteiger partial charge in [-0.25, -0.2) is 9.13 Å². The van der Waals surface area contributed by atoms with Crippen molar-refractivity contribution in [2.45, 2.75) is 39.5 Å². The second-order valence-electron chi connectivity index (χ2n) is 10.5. The summed E-state index contributed by atoms with van der Waals surface area (Å²) >= 11 is 0. The summed E-state index contributed by atoms with van der Waals surface area (Å²) < 4.78 is 28.4. The van der Waals surface area contributed by atoms with Gasteiger partial charge in [-0.3, -0.25) is 0 Å². The number of ether oxygens (including phenoxy) is 1. The van der Waals surface area contributed by atoms with E-state index in [9.17, 15) is 24.4 Å². The molecule has 0 fully saturated rings. The van der Waals surface area contributed by atoms with Gasteiger partial charge < -0.3 is 39.6 Å². The maximum absolute atomic E-state index is 9.73. The maximum Gasteiger partial charge on any atom is 0.478 e. The van der Waals surface area contributed by atoms with Crippen LogP contribution in [0.25, 0.3) is 22.3 Å². The van der Waals surface area contributed by atoms with Crippen LogP contribution >= 0.6 is 15.6 Å². The van der Waals surface area contributed by atoms with E-state index in [1.807, 2.05) is 18.2 Å². The Morgan fingerprint density at radius 3 is 1.55 bits per heavy atom. The molecule has 11 nitrogen and oxygen atoms in total. The van der Waals surface area contributed by atoms with Gasteiger partial charge in [0.25, 0.3) is 0 Å². The summed E-state index contributed by atoms with van der Waals surface area (Å²) in [6.45, 7) is 7.66. The first-order valence-corrected chi connectivity index (χ1v) is 16.2. The average molecular weight is 627 g/mol. The molecule has 42 heavy (non-hydrogen) atoms. The van der Waals surface area contributed by atoms with Crippen LogP contribution in [0.2, 0.25) is 0 Å². The van der Waals surface area contributed by atoms with Gasteiger partial charge in [0.1, 0.15) is 12.4 Å². The van der Waals surface area contributed by atoms with Crippen molar-refractivity contribution in [2.24, 2.45) is 5.41 Å². The van der Waals surface area contributed by atoms with Crippen LogP contribution in [-0.4, -0.2) is 61.3 Å². The molecule has 0 amide bonds. The molecule has 0 bridgehead atoms. The minimum atomic E-state index is -5.05. The van der Waals surface area contributed by atoms with Crippen LogP contribution in [0.5, 0.6) is 5.75 Å². The van der Waals surface area contributed by atoms with Gasteiger partial charge in [0.15, 0.2) is 0 Å². The molecule has 0 aromatic heterocycles. The summed E-state index contributed by atoms with van der Waals surface area (Å²) in [6.07, 6.45) is 0. The highest BCUT2D eigenvalue weighted by Gasteiger charge is 2.30. The first kappa shape index (κ1) is 35.8. The van der Waals surface area contributed by atoms with Gasteiger partial charge in [-0.2, -0.15) is 4.31 Å². The lowest BCUT2D eigenvalue weighted by molar-refractivity contribution is -0.0257. The standard InChI is InChI=1S/C29H36O4.H4O7P2/c1-20(2)23-9-5-7-11-25(23)22-13-14-28(33-19-29(16-30,17-31)18-32)27(15-22)26-12-8-6-10-24(26)21(3)4;1-8(2,3)7-9(4,5)6/h5-15,20-21,30-32H,16-19H2,1-4H3;(H2,1,2,3)(H2,4,5,6). The third-order valence-electron chi connectivity index (χ3n) is 6.50. The van der Waals surface area contributed by atoms with Gasteiger partial charge in [0, 0.05) is 5.56 Å². The van der Waals surface area contributed by atoms with E-state index in [1.54, 1.807) is 0 Å². The van der Waals surface area contributed by atoms with Crippen molar-refractivity contribution in [1.29, 1.82) is 0 Å². The van der Waals surface area contributed by atoms with Crippen LogP contribution in [0.1, 0.15) is 50.7 Å². The van der Waals surface area contributed by atoms with E-state index in [2.05, 4.69) is 80.5 Å². The summed E-state index contributed by atoms with van der Waals surface area (Å²) in [5, 5.41) is 29.2. The molecule has 0 heterocycles. The fourth-order valence-electron chi connectivity index (χ4n) is 4.20. The van der Waals surface area contributed by atoms with E-state index < -0.39 is 21.1 Å². The Kier molecular flexibility index (Phi) is 13.1. The number of rotatable bonds is 12. The van der Waals surface area contributed by atoms with E-state index in [0.29, 0.717) is 17.6 Å². The maximum atomic E-state index is 9.73.